The highest BCUT2D eigenvalue weighted by atomic mass is 35.5. The molecule has 1 heterocycles. The van der Waals surface area contributed by atoms with Crippen molar-refractivity contribution >= 4 is 27.3 Å². The second kappa shape index (κ2) is 8.20. The van der Waals surface area contributed by atoms with Crippen LogP contribution in [0.2, 0.25) is 5.02 Å². The Hall–Kier alpha value is -1.28. The summed E-state index contributed by atoms with van der Waals surface area (Å²) in [6.45, 7) is 8.29. The molecule has 0 bridgehead atoms. The number of hydrogen-bond donors (Lipinski definition) is 3. The third-order valence-electron chi connectivity index (χ3n) is 4.16. The number of halogens is 1. The molecule has 1 aliphatic rings. The normalized spacial score (nSPS) is 16.9. The number of rotatable bonds is 7. The van der Waals surface area contributed by atoms with Gasteiger partial charge in [0.05, 0.1) is 5.69 Å². The Morgan fingerprint density at radius 1 is 1.42 bits per heavy atom. The van der Waals surface area contributed by atoms with Crippen LogP contribution in [0.3, 0.4) is 0 Å². The van der Waals surface area contributed by atoms with Crippen LogP contribution in [0, 0.1) is 6.92 Å². The van der Waals surface area contributed by atoms with E-state index in [4.69, 9.17) is 11.6 Å². The Bertz CT molecular complexity index is 686. The summed E-state index contributed by atoms with van der Waals surface area (Å²) >= 11 is 6.07. The first-order valence-electron chi connectivity index (χ1n) is 7.91. The Kier molecular flexibility index (Phi) is 6.51. The van der Waals surface area contributed by atoms with Gasteiger partial charge >= 0.3 is 0 Å². The molecule has 24 heavy (non-hydrogen) atoms. The monoisotopic (exact) mass is 373 g/mol. The lowest BCUT2D eigenvalue weighted by Crippen LogP contribution is -2.45. The molecule has 0 aliphatic carbocycles. The molecule has 0 atom stereocenters. The van der Waals surface area contributed by atoms with Crippen molar-refractivity contribution in [2.45, 2.75) is 25.8 Å². The minimum atomic E-state index is -3.36. The summed E-state index contributed by atoms with van der Waals surface area (Å²) in [5, 5.41) is 14.7. The van der Waals surface area contributed by atoms with E-state index in [-0.39, 0.29) is 11.8 Å². The summed E-state index contributed by atoms with van der Waals surface area (Å²) in [7, 11) is -3.36. The highest BCUT2D eigenvalue weighted by Gasteiger charge is 2.21. The van der Waals surface area contributed by atoms with Crippen LogP contribution in [0.25, 0.3) is 0 Å². The maximum atomic E-state index is 11.5. The first-order chi connectivity index (χ1) is 11.3. The molecule has 0 unspecified atom stereocenters. The van der Waals surface area contributed by atoms with Crippen molar-refractivity contribution in [3.63, 3.8) is 0 Å². The van der Waals surface area contributed by atoms with Crippen LogP contribution >= 0.6 is 11.6 Å². The number of aromatic hydroxyl groups is 1. The fourth-order valence-electron chi connectivity index (χ4n) is 2.71. The minimum absolute atomic E-state index is 0.0304. The van der Waals surface area contributed by atoms with Crippen LogP contribution in [-0.4, -0.2) is 50.6 Å². The second-order valence-corrected chi connectivity index (χ2v) is 8.06. The molecular weight excluding hydrogens is 350 g/mol. The fourth-order valence-corrected chi connectivity index (χ4v) is 3.67. The van der Waals surface area contributed by atoms with Crippen LogP contribution in [0.15, 0.2) is 24.1 Å². The van der Waals surface area contributed by atoms with Crippen molar-refractivity contribution in [1.29, 1.82) is 0 Å². The zero-order chi connectivity index (χ0) is 17.7. The lowest BCUT2D eigenvalue weighted by Gasteiger charge is -2.32. The molecule has 0 amide bonds. The van der Waals surface area contributed by atoms with E-state index in [0.717, 1.165) is 43.4 Å². The van der Waals surface area contributed by atoms with Gasteiger partial charge in [-0.05, 0) is 50.6 Å². The largest absolute Gasteiger partial charge is 0.506 e. The van der Waals surface area contributed by atoms with Gasteiger partial charge in [-0.3, -0.25) is 0 Å². The molecule has 3 N–H and O–H groups in total. The Morgan fingerprint density at radius 2 is 2.08 bits per heavy atom. The maximum absolute atomic E-state index is 11.5. The molecule has 1 aliphatic heterocycles. The highest BCUT2D eigenvalue weighted by Crippen LogP contribution is 2.29. The minimum Gasteiger partial charge on any atom is -0.506 e. The first-order valence-corrected chi connectivity index (χ1v) is 9.83. The molecule has 1 aromatic carbocycles. The van der Waals surface area contributed by atoms with Gasteiger partial charge in [0, 0.05) is 29.6 Å². The number of aryl methyl sites for hydroxylation is 1. The number of nitrogens with zero attached hydrogens (tertiary/aromatic N) is 1. The summed E-state index contributed by atoms with van der Waals surface area (Å²) in [5.74, 6) is 0.189. The maximum Gasteiger partial charge on any atom is 0.233 e. The lowest BCUT2D eigenvalue weighted by atomic mass is 10.1. The zero-order valence-electron chi connectivity index (χ0n) is 13.8. The summed E-state index contributed by atoms with van der Waals surface area (Å²) in [6.07, 6.45) is 1.54. The van der Waals surface area contributed by atoms with Gasteiger partial charge in [-0.25, -0.2) is 13.1 Å². The molecule has 1 fully saturated rings. The number of sulfonamides is 1. The Labute approximate surface area is 148 Å². The van der Waals surface area contributed by atoms with E-state index in [0.29, 0.717) is 17.3 Å². The van der Waals surface area contributed by atoms with E-state index in [1.165, 1.54) is 0 Å². The number of anilines is 1. The van der Waals surface area contributed by atoms with E-state index < -0.39 is 10.0 Å². The standard InChI is InChI=1S/C16H24ClN3O3S/c1-3-24(22,23)19-13-4-7-20(8-5-13)9-6-18-15-11-14(17)12(2)10-16(15)21/h3,10-11,13,18-19,21H,1,4-9H2,2H3. The first kappa shape index (κ1) is 19.1. The van der Waals surface area contributed by atoms with Crippen molar-refractivity contribution < 1.29 is 13.5 Å². The number of phenolic OH excluding ortho intramolecular Hbond substituents is 1. The summed E-state index contributed by atoms with van der Waals surface area (Å²) in [5.41, 5.74) is 1.46. The molecule has 0 saturated carbocycles. The van der Waals surface area contributed by atoms with Gasteiger partial charge in [0.1, 0.15) is 5.75 Å². The van der Waals surface area contributed by atoms with Gasteiger partial charge < -0.3 is 15.3 Å². The van der Waals surface area contributed by atoms with Crippen molar-refractivity contribution in [2.75, 3.05) is 31.5 Å². The number of piperidine rings is 1. The van der Waals surface area contributed by atoms with Crippen molar-refractivity contribution in [2.24, 2.45) is 0 Å². The third-order valence-corrected chi connectivity index (χ3v) is 5.67. The molecule has 1 aromatic rings. The second-order valence-electron chi connectivity index (χ2n) is 5.99. The van der Waals surface area contributed by atoms with Gasteiger partial charge in [-0.2, -0.15) is 0 Å². The van der Waals surface area contributed by atoms with Gasteiger partial charge in [-0.1, -0.05) is 18.2 Å². The Balaban J connectivity index is 1.75. The smallest absolute Gasteiger partial charge is 0.233 e. The van der Waals surface area contributed by atoms with Crippen molar-refractivity contribution in [3.05, 3.63) is 34.7 Å². The topological polar surface area (TPSA) is 81.7 Å². The van der Waals surface area contributed by atoms with E-state index in [2.05, 4.69) is 21.5 Å². The number of phenols is 1. The molecule has 134 valence electrons. The zero-order valence-corrected chi connectivity index (χ0v) is 15.3. The van der Waals surface area contributed by atoms with E-state index >= 15 is 0 Å². The third kappa shape index (κ3) is 5.37. The molecule has 1 saturated heterocycles. The van der Waals surface area contributed by atoms with Crippen LogP contribution in [0.5, 0.6) is 5.75 Å². The molecule has 2 rings (SSSR count). The predicted molar refractivity (Wildman–Crippen MR) is 98.1 cm³/mol. The summed E-state index contributed by atoms with van der Waals surface area (Å²) < 4.78 is 25.6. The number of benzene rings is 1. The van der Waals surface area contributed by atoms with Crippen molar-refractivity contribution in [3.8, 4) is 5.75 Å². The molecule has 6 nitrogen and oxygen atoms in total. The number of nitrogens with one attached hydrogen (secondary N) is 2. The Morgan fingerprint density at radius 3 is 2.71 bits per heavy atom. The summed E-state index contributed by atoms with van der Waals surface area (Å²) in [6, 6.07) is 3.34. The lowest BCUT2D eigenvalue weighted by molar-refractivity contribution is 0.214. The van der Waals surface area contributed by atoms with Crippen LogP contribution in [0.1, 0.15) is 18.4 Å². The highest BCUT2D eigenvalue weighted by molar-refractivity contribution is 7.92. The summed E-state index contributed by atoms with van der Waals surface area (Å²) in [4.78, 5) is 2.26. The van der Waals surface area contributed by atoms with Crippen LogP contribution < -0.4 is 10.0 Å². The molecule has 0 radical (unpaired) electrons. The molecule has 0 aromatic heterocycles. The average Bonchev–Trinajstić information content (AvgIpc) is 2.53. The van der Waals surface area contributed by atoms with E-state index in [9.17, 15) is 13.5 Å². The van der Waals surface area contributed by atoms with Gasteiger partial charge in [-0.15, -0.1) is 0 Å². The van der Waals surface area contributed by atoms with Gasteiger partial charge in [0.15, 0.2) is 0 Å². The van der Waals surface area contributed by atoms with E-state index in [1.54, 1.807) is 12.1 Å². The van der Waals surface area contributed by atoms with Gasteiger partial charge in [0.25, 0.3) is 0 Å². The molecular formula is C16H24ClN3O3S. The fraction of sp³-hybridized carbons (Fsp3) is 0.500. The van der Waals surface area contributed by atoms with Crippen LogP contribution in [0.4, 0.5) is 5.69 Å². The molecule has 8 heteroatoms. The number of likely N-dealkylation sites (tertiary alicyclic amines) is 1. The van der Waals surface area contributed by atoms with Gasteiger partial charge in [0.2, 0.25) is 10.0 Å². The molecule has 0 spiro atoms. The van der Waals surface area contributed by atoms with E-state index in [1.807, 2.05) is 6.92 Å². The van der Waals surface area contributed by atoms with Crippen LogP contribution in [-0.2, 0) is 10.0 Å². The average molecular weight is 374 g/mol. The van der Waals surface area contributed by atoms with Crippen molar-refractivity contribution in [1.82, 2.24) is 9.62 Å². The SMILES string of the molecule is C=CS(=O)(=O)NC1CCN(CCNc2cc(Cl)c(C)cc2O)CC1. The quantitative estimate of drug-likeness (QED) is 0.639. The number of hydrogen-bond acceptors (Lipinski definition) is 5. The predicted octanol–water partition coefficient (Wildman–Crippen LogP) is 2.29.